The van der Waals surface area contributed by atoms with Gasteiger partial charge in [-0.2, -0.15) is 0 Å². The van der Waals surface area contributed by atoms with E-state index in [1.165, 1.54) is 6.07 Å². The lowest BCUT2D eigenvalue weighted by Gasteiger charge is -2.22. The van der Waals surface area contributed by atoms with E-state index in [0.717, 1.165) is 16.3 Å². The lowest BCUT2D eigenvalue weighted by molar-refractivity contribution is -0.132. The van der Waals surface area contributed by atoms with Crippen molar-refractivity contribution in [1.82, 2.24) is 0 Å². The predicted molar refractivity (Wildman–Crippen MR) is 115 cm³/mol. The highest BCUT2D eigenvalue weighted by Crippen LogP contribution is 2.42. The van der Waals surface area contributed by atoms with Gasteiger partial charge < -0.3 is 0 Å². The first-order valence-corrected chi connectivity index (χ1v) is 10.1. The Balaban J connectivity index is 1.95. The Labute approximate surface area is 174 Å². The molecule has 0 bridgehead atoms. The van der Waals surface area contributed by atoms with Crippen molar-refractivity contribution < 1.29 is 18.8 Å². The van der Waals surface area contributed by atoms with Crippen LogP contribution in [0.4, 0.5) is 4.39 Å². The summed E-state index contributed by atoms with van der Waals surface area (Å²) in [5, 5.41) is 1.71. The summed E-state index contributed by atoms with van der Waals surface area (Å²) in [4.78, 5) is 38.5. The normalized spacial score (nSPS) is 16.2. The molecule has 0 saturated heterocycles. The van der Waals surface area contributed by atoms with Crippen molar-refractivity contribution in [2.45, 2.75) is 40.0 Å². The van der Waals surface area contributed by atoms with E-state index < -0.39 is 22.9 Å². The molecule has 1 atom stereocenters. The highest BCUT2D eigenvalue weighted by atomic mass is 19.1. The second-order valence-electron chi connectivity index (χ2n) is 8.82. The van der Waals surface area contributed by atoms with Crippen LogP contribution >= 0.6 is 0 Å². The number of halogens is 1. The Kier molecular flexibility index (Phi) is 4.69. The van der Waals surface area contributed by atoms with Crippen molar-refractivity contribution in [3.63, 3.8) is 0 Å². The standard InChI is InChI=1S/C26H23FO3/c1-5-16-17-11-9-15(13-14(17)10-12-20(16)27)18-7-6-8-19-21(18)22(24(29)23(19)28)25(30)26(2,3)4/h6-13,22H,5H2,1-4H3. The molecule has 0 aliphatic heterocycles. The molecule has 1 aliphatic rings. The fourth-order valence-electron chi connectivity index (χ4n) is 4.30. The number of Topliss-reactive ketones (excluding diaryl/α,β-unsaturated/α-hetero) is 3. The Morgan fingerprint density at radius 1 is 1.00 bits per heavy atom. The van der Waals surface area contributed by atoms with Crippen LogP contribution in [0.15, 0.2) is 48.5 Å². The van der Waals surface area contributed by atoms with Crippen molar-refractivity contribution in [2.24, 2.45) is 5.41 Å². The van der Waals surface area contributed by atoms with Crippen LogP contribution in [0.5, 0.6) is 0 Å². The number of ketones is 3. The molecule has 0 aromatic heterocycles. The summed E-state index contributed by atoms with van der Waals surface area (Å²) in [5.41, 5.74) is 2.18. The molecular formula is C26H23FO3. The fraction of sp³-hybridized carbons (Fsp3) is 0.269. The second kappa shape index (κ2) is 6.98. The molecule has 1 unspecified atom stereocenters. The van der Waals surface area contributed by atoms with Crippen LogP contribution in [0, 0.1) is 11.2 Å². The van der Waals surface area contributed by atoms with Crippen molar-refractivity contribution in [2.75, 3.05) is 0 Å². The largest absolute Gasteiger partial charge is 0.298 e. The molecule has 0 fully saturated rings. The summed E-state index contributed by atoms with van der Waals surface area (Å²) in [6.07, 6.45) is 0.578. The number of aryl methyl sites for hydroxylation is 1. The molecule has 0 N–H and O–H groups in total. The summed E-state index contributed by atoms with van der Waals surface area (Å²) in [6.45, 7) is 7.18. The number of hydrogen-bond donors (Lipinski definition) is 0. The molecule has 1 aliphatic carbocycles. The third-order valence-electron chi connectivity index (χ3n) is 5.87. The molecule has 4 rings (SSSR count). The zero-order valence-electron chi connectivity index (χ0n) is 17.5. The van der Waals surface area contributed by atoms with Gasteiger partial charge in [-0.15, -0.1) is 0 Å². The molecule has 0 amide bonds. The van der Waals surface area contributed by atoms with Crippen LogP contribution in [-0.2, 0) is 16.0 Å². The molecule has 0 heterocycles. The van der Waals surface area contributed by atoms with Gasteiger partial charge in [-0.3, -0.25) is 14.4 Å². The maximum atomic E-state index is 14.1. The van der Waals surface area contributed by atoms with E-state index in [0.29, 0.717) is 28.7 Å². The first-order chi connectivity index (χ1) is 14.1. The van der Waals surface area contributed by atoms with Gasteiger partial charge in [0.1, 0.15) is 11.7 Å². The molecule has 3 aromatic carbocycles. The predicted octanol–water partition coefficient (Wildman–Crippen LogP) is 5.67. The van der Waals surface area contributed by atoms with Gasteiger partial charge in [0.05, 0.1) is 0 Å². The molecule has 4 heteroatoms. The lowest BCUT2D eigenvalue weighted by Crippen LogP contribution is -2.31. The highest BCUT2D eigenvalue weighted by Gasteiger charge is 2.47. The van der Waals surface area contributed by atoms with Gasteiger partial charge in [-0.1, -0.05) is 64.1 Å². The van der Waals surface area contributed by atoms with Crippen LogP contribution in [0.2, 0.25) is 0 Å². The smallest absolute Gasteiger partial charge is 0.230 e. The maximum Gasteiger partial charge on any atom is 0.230 e. The third kappa shape index (κ3) is 2.98. The fourth-order valence-corrected chi connectivity index (χ4v) is 4.30. The highest BCUT2D eigenvalue weighted by molar-refractivity contribution is 6.53. The zero-order chi connectivity index (χ0) is 21.8. The first kappa shape index (κ1) is 20.1. The number of hydrogen-bond acceptors (Lipinski definition) is 3. The van der Waals surface area contributed by atoms with Crippen molar-refractivity contribution in [3.8, 4) is 11.1 Å². The lowest BCUT2D eigenvalue weighted by atomic mass is 9.78. The van der Waals surface area contributed by atoms with Crippen molar-refractivity contribution in [1.29, 1.82) is 0 Å². The van der Waals surface area contributed by atoms with E-state index in [2.05, 4.69) is 0 Å². The van der Waals surface area contributed by atoms with E-state index in [-0.39, 0.29) is 11.6 Å². The summed E-state index contributed by atoms with van der Waals surface area (Å²) in [7, 11) is 0. The van der Waals surface area contributed by atoms with Gasteiger partial charge in [0.2, 0.25) is 11.6 Å². The van der Waals surface area contributed by atoms with Gasteiger partial charge in [0, 0.05) is 11.0 Å². The quantitative estimate of drug-likeness (QED) is 0.419. The van der Waals surface area contributed by atoms with Gasteiger partial charge in [-0.05, 0) is 51.6 Å². The minimum Gasteiger partial charge on any atom is -0.298 e. The number of carbonyl (C=O) groups excluding carboxylic acids is 3. The van der Waals surface area contributed by atoms with Crippen molar-refractivity contribution >= 4 is 28.1 Å². The average molecular weight is 402 g/mol. The summed E-state index contributed by atoms with van der Waals surface area (Å²) >= 11 is 0. The Hall–Kier alpha value is -3.14. The molecule has 3 aromatic rings. The zero-order valence-corrected chi connectivity index (χ0v) is 17.5. The van der Waals surface area contributed by atoms with Gasteiger partial charge in [-0.25, -0.2) is 4.39 Å². The Morgan fingerprint density at radius 3 is 2.37 bits per heavy atom. The van der Waals surface area contributed by atoms with Crippen LogP contribution in [0.25, 0.3) is 21.9 Å². The molecule has 0 radical (unpaired) electrons. The van der Waals surface area contributed by atoms with Crippen LogP contribution in [0.3, 0.4) is 0 Å². The summed E-state index contributed by atoms with van der Waals surface area (Å²) < 4.78 is 14.1. The summed E-state index contributed by atoms with van der Waals surface area (Å²) in [5.74, 6) is -2.84. The molecule has 152 valence electrons. The van der Waals surface area contributed by atoms with Crippen LogP contribution < -0.4 is 0 Å². The first-order valence-electron chi connectivity index (χ1n) is 10.1. The minimum atomic E-state index is -1.08. The van der Waals surface area contributed by atoms with E-state index in [9.17, 15) is 18.8 Å². The number of fused-ring (bicyclic) bond motifs is 2. The minimum absolute atomic E-state index is 0.231. The summed E-state index contributed by atoms with van der Waals surface area (Å²) in [6, 6.07) is 14.0. The second-order valence-corrected chi connectivity index (χ2v) is 8.82. The van der Waals surface area contributed by atoms with Gasteiger partial charge in [0.15, 0.2) is 5.78 Å². The van der Waals surface area contributed by atoms with E-state index >= 15 is 0 Å². The molecule has 30 heavy (non-hydrogen) atoms. The average Bonchev–Trinajstić information content (AvgIpc) is 2.97. The van der Waals surface area contributed by atoms with Gasteiger partial charge in [0.25, 0.3) is 0 Å². The monoisotopic (exact) mass is 402 g/mol. The van der Waals surface area contributed by atoms with Gasteiger partial charge >= 0.3 is 0 Å². The Bertz CT molecular complexity index is 1230. The molecule has 3 nitrogen and oxygen atoms in total. The maximum absolute atomic E-state index is 14.1. The topological polar surface area (TPSA) is 51.2 Å². The molecular weight excluding hydrogens is 379 g/mol. The van der Waals surface area contributed by atoms with Crippen molar-refractivity contribution in [3.05, 3.63) is 71.0 Å². The molecule has 0 saturated carbocycles. The number of benzene rings is 3. The number of carbonyl (C=O) groups is 3. The Morgan fingerprint density at radius 2 is 1.70 bits per heavy atom. The van der Waals surface area contributed by atoms with Crippen LogP contribution in [-0.4, -0.2) is 17.3 Å². The van der Waals surface area contributed by atoms with Crippen LogP contribution in [0.1, 0.15) is 55.1 Å². The van der Waals surface area contributed by atoms with E-state index in [1.807, 2.05) is 31.2 Å². The number of rotatable bonds is 3. The van der Waals surface area contributed by atoms with E-state index in [1.54, 1.807) is 39.0 Å². The molecule has 0 spiro atoms. The van der Waals surface area contributed by atoms with E-state index in [4.69, 9.17) is 0 Å². The SMILES string of the molecule is CCc1c(F)ccc2cc(-c3cccc4c3C(C(=O)C(C)(C)C)C(=O)C4=O)ccc12. The third-order valence-corrected chi connectivity index (χ3v) is 5.87.